The number of hydrogen-bond donors (Lipinski definition) is 2. The number of amides is 1. The summed E-state index contributed by atoms with van der Waals surface area (Å²) in [5.74, 6) is -3.91. The van der Waals surface area contributed by atoms with Gasteiger partial charge in [-0.05, 0) is 65.2 Å². The molecule has 0 aliphatic carbocycles. The Balaban J connectivity index is 1.18. The first-order chi connectivity index (χ1) is 20.6. The van der Waals surface area contributed by atoms with E-state index in [9.17, 15) is 33.9 Å². The van der Waals surface area contributed by atoms with E-state index in [-0.39, 0.29) is 40.2 Å². The van der Waals surface area contributed by atoms with Gasteiger partial charge in [0.15, 0.2) is 5.78 Å². The van der Waals surface area contributed by atoms with Gasteiger partial charge in [-0.1, -0.05) is 36.9 Å². The molecule has 0 fully saturated rings. The lowest BCUT2D eigenvalue weighted by atomic mass is 9.94. The number of benzene rings is 4. The minimum absolute atomic E-state index is 0.0151. The molecule has 0 spiro atoms. The molecular weight excluding hydrogens is 554 g/mol. The molecule has 0 unspecified atom stereocenters. The van der Waals surface area contributed by atoms with Gasteiger partial charge in [-0.3, -0.25) is 9.59 Å². The van der Waals surface area contributed by atoms with Gasteiger partial charge in [-0.25, -0.2) is 19.2 Å². The van der Waals surface area contributed by atoms with E-state index >= 15 is 0 Å². The van der Waals surface area contributed by atoms with Crippen molar-refractivity contribution >= 4 is 47.0 Å². The van der Waals surface area contributed by atoms with Gasteiger partial charge in [0, 0.05) is 28.8 Å². The third-order valence-electron chi connectivity index (χ3n) is 7.12. The van der Waals surface area contributed by atoms with Crippen molar-refractivity contribution in [1.29, 1.82) is 0 Å². The van der Waals surface area contributed by atoms with Crippen LogP contribution in [0.2, 0.25) is 0 Å². The van der Waals surface area contributed by atoms with Crippen molar-refractivity contribution in [2.24, 2.45) is 0 Å². The second-order valence-electron chi connectivity index (χ2n) is 9.83. The predicted octanol–water partition coefficient (Wildman–Crippen LogP) is 5.18. The summed E-state index contributed by atoms with van der Waals surface area (Å²) in [5, 5.41) is 12.7. The van der Waals surface area contributed by atoms with E-state index in [1.54, 1.807) is 36.4 Å². The molecule has 2 heterocycles. The Hall–Kier alpha value is -6.16. The van der Waals surface area contributed by atoms with Gasteiger partial charge in [-0.15, -0.1) is 0 Å². The summed E-state index contributed by atoms with van der Waals surface area (Å²) >= 11 is 0. The van der Waals surface area contributed by atoms with Gasteiger partial charge in [-0.2, -0.15) is 0 Å². The second-order valence-corrected chi connectivity index (χ2v) is 9.83. The molecule has 210 valence electrons. The van der Waals surface area contributed by atoms with Crippen LogP contribution in [0.4, 0.5) is 5.69 Å². The molecule has 1 amide bonds. The lowest BCUT2D eigenvalue weighted by Gasteiger charge is -2.11. The van der Waals surface area contributed by atoms with Crippen molar-refractivity contribution in [1.82, 2.24) is 0 Å². The Morgan fingerprint density at radius 2 is 1.28 bits per heavy atom. The van der Waals surface area contributed by atoms with Crippen LogP contribution >= 0.6 is 0 Å². The molecule has 0 bridgehead atoms. The summed E-state index contributed by atoms with van der Waals surface area (Å²) in [5.41, 5.74) is 3.23. The highest BCUT2D eigenvalue weighted by molar-refractivity contribution is 6.16. The van der Waals surface area contributed by atoms with Crippen LogP contribution in [0.3, 0.4) is 0 Å². The number of esters is 3. The number of ketones is 1. The number of carbonyl (C=O) groups is 6. The van der Waals surface area contributed by atoms with Crippen LogP contribution < -0.4 is 5.32 Å². The van der Waals surface area contributed by atoms with Gasteiger partial charge < -0.3 is 19.9 Å². The number of Topliss-reactive ketones (excluding diaryl/α,β-unsaturated/α-hetero) is 1. The fourth-order valence-corrected chi connectivity index (χ4v) is 4.93. The minimum atomic E-state index is -1.19. The number of nitrogens with one attached hydrogen (secondary N) is 1. The third kappa shape index (κ3) is 4.97. The van der Waals surface area contributed by atoms with E-state index in [1.165, 1.54) is 42.5 Å². The number of hydrogen-bond acceptors (Lipinski definition) is 8. The van der Waals surface area contributed by atoms with Crippen LogP contribution in [0, 0.1) is 0 Å². The van der Waals surface area contributed by atoms with Crippen LogP contribution in [-0.2, 0) is 15.9 Å². The smallest absolute Gasteiger partial charge is 0.346 e. The molecule has 4 aromatic carbocycles. The monoisotopic (exact) mass is 573 g/mol. The van der Waals surface area contributed by atoms with E-state index in [4.69, 9.17) is 4.74 Å². The first-order valence-corrected chi connectivity index (χ1v) is 12.9. The fourth-order valence-electron chi connectivity index (χ4n) is 4.93. The average Bonchev–Trinajstić information content (AvgIpc) is 3.45. The van der Waals surface area contributed by atoms with E-state index in [2.05, 4.69) is 16.6 Å². The molecular formula is C33H19NO9. The summed E-state index contributed by atoms with van der Waals surface area (Å²) in [6, 6.07) is 19.8. The van der Waals surface area contributed by atoms with Gasteiger partial charge in [0.25, 0.3) is 5.91 Å². The highest BCUT2D eigenvalue weighted by atomic mass is 16.6. The van der Waals surface area contributed by atoms with Crippen molar-refractivity contribution in [2.75, 3.05) is 5.32 Å². The fraction of sp³-hybridized carbons (Fsp3) is 0.0303. The Morgan fingerprint density at radius 1 is 0.674 bits per heavy atom. The second kappa shape index (κ2) is 10.3. The molecule has 10 heteroatoms. The Kier molecular flexibility index (Phi) is 6.50. The number of rotatable bonds is 7. The van der Waals surface area contributed by atoms with Crippen molar-refractivity contribution in [3.8, 4) is 11.1 Å². The number of carboxylic acids is 1. The lowest BCUT2D eigenvalue weighted by Crippen LogP contribution is -2.12. The number of anilines is 1. The number of fused-ring (bicyclic) bond motifs is 2. The van der Waals surface area contributed by atoms with Gasteiger partial charge in [0.2, 0.25) is 0 Å². The molecule has 0 saturated carbocycles. The summed E-state index contributed by atoms with van der Waals surface area (Å²) < 4.78 is 9.54. The molecule has 2 aliphatic rings. The van der Waals surface area contributed by atoms with Gasteiger partial charge >= 0.3 is 23.9 Å². The van der Waals surface area contributed by atoms with Gasteiger partial charge in [0.05, 0.1) is 22.3 Å². The summed E-state index contributed by atoms with van der Waals surface area (Å²) in [7, 11) is 0. The Morgan fingerprint density at radius 3 is 2.00 bits per heavy atom. The predicted molar refractivity (Wildman–Crippen MR) is 152 cm³/mol. The van der Waals surface area contributed by atoms with Crippen molar-refractivity contribution < 1.29 is 43.3 Å². The Bertz CT molecular complexity index is 1950. The normalized spacial score (nSPS) is 13.2. The molecule has 10 nitrogen and oxygen atoms in total. The van der Waals surface area contributed by atoms with Crippen LogP contribution in [0.25, 0.3) is 16.9 Å². The highest BCUT2D eigenvalue weighted by Gasteiger charge is 2.30. The summed E-state index contributed by atoms with van der Waals surface area (Å²) in [4.78, 5) is 73.1. The number of aromatic carboxylic acids is 1. The SMILES string of the molecule is C=C1OC(=O)c2ccc(C(=O)Nc3ccc(-c4ccc(CC(=O)c5ccc6c(c5)C(=O)OC6=O)cc4C(=O)O)cc3)cc21. The minimum Gasteiger partial charge on any atom is -0.478 e. The van der Waals surface area contributed by atoms with Crippen molar-refractivity contribution in [3.63, 3.8) is 0 Å². The first kappa shape index (κ1) is 27.0. The van der Waals surface area contributed by atoms with Gasteiger partial charge in [0.1, 0.15) is 5.76 Å². The van der Waals surface area contributed by atoms with Crippen LogP contribution in [0.1, 0.15) is 73.3 Å². The van der Waals surface area contributed by atoms with E-state index in [1.807, 2.05) is 0 Å². The molecule has 0 atom stereocenters. The van der Waals surface area contributed by atoms with Crippen molar-refractivity contribution in [2.45, 2.75) is 6.42 Å². The summed E-state index contributed by atoms with van der Waals surface area (Å²) in [6.07, 6.45) is -0.135. The third-order valence-corrected chi connectivity index (χ3v) is 7.12. The van der Waals surface area contributed by atoms with E-state index in [0.717, 1.165) is 0 Å². The number of carboxylic acid groups (broad SMARTS) is 1. The van der Waals surface area contributed by atoms with Crippen LogP contribution in [-0.4, -0.2) is 40.7 Å². The standard InChI is InChI=1S/C33H19NO9/c1-16-25-15-20(6-11-23(25)31(39)42-16)29(36)34-21-7-3-18(4-8-21)22-9-2-17(12-26(22)30(37)38)13-28(35)19-5-10-24-27(14-19)33(41)43-32(24)40/h2-12,14-15H,1,13H2,(H,34,36)(H,37,38). The molecule has 2 aliphatic heterocycles. The maximum Gasteiger partial charge on any atom is 0.346 e. The first-order valence-electron chi connectivity index (χ1n) is 12.9. The zero-order valence-electron chi connectivity index (χ0n) is 22.1. The Labute approximate surface area is 243 Å². The van der Waals surface area contributed by atoms with E-state index in [0.29, 0.717) is 39.1 Å². The van der Waals surface area contributed by atoms with E-state index < -0.39 is 29.8 Å². The molecule has 43 heavy (non-hydrogen) atoms. The molecule has 0 aromatic heterocycles. The lowest BCUT2D eigenvalue weighted by molar-refractivity contribution is 0.0442. The molecule has 0 saturated heterocycles. The molecule has 6 rings (SSSR count). The van der Waals surface area contributed by atoms with Crippen molar-refractivity contribution in [3.05, 3.63) is 130 Å². The zero-order valence-corrected chi connectivity index (χ0v) is 22.1. The molecule has 2 N–H and O–H groups in total. The topological polar surface area (TPSA) is 153 Å². The number of ether oxygens (including phenoxy) is 2. The highest BCUT2D eigenvalue weighted by Crippen LogP contribution is 2.30. The quantitative estimate of drug-likeness (QED) is 0.173. The maximum absolute atomic E-state index is 12.9. The number of carbonyl (C=O) groups excluding carboxylic acids is 5. The average molecular weight is 574 g/mol. The zero-order chi connectivity index (χ0) is 30.4. The van der Waals surface area contributed by atoms with Crippen LogP contribution in [0.5, 0.6) is 0 Å². The summed E-state index contributed by atoms with van der Waals surface area (Å²) in [6.45, 7) is 3.68. The number of cyclic esters (lactones) is 3. The largest absolute Gasteiger partial charge is 0.478 e. The molecule has 0 radical (unpaired) electrons. The maximum atomic E-state index is 12.9. The molecule has 4 aromatic rings. The van der Waals surface area contributed by atoms with Crippen LogP contribution in [0.15, 0.2) is 85.4 Å².